The van der Waals surface area contributed by atoms with E-state index in [1.807, 2.05) is 14.0 Å². The first-order valence-electron chi connectivity index (χ1n) is 6.71. The van der Waals surface area contributed by atoms with Crippen LogP contribution in [0.5, 0.6) is 5.75 Å². The highest BCUT2D eigenvalue weighted by molar-refractivity contribution is 5.96. The van der Waals surface area contributed by atoms with Gasteiger partial charge in [-0.15, -0.1) is 0 Å². The SMILES string of the molecule is Cc1ccc(O)c(C(=O)N(C)CC2CCN(C)C2)c1. The minimum atomic E-state index is -0.101. The standard InChI is InChI=1S/C15H22N2O2/c1-11-4-5-14(18)13(8-11)15(19)17(3)10-12-6-7-16(2)9-12/h4-5,8,12,18H,6-7,9-10H2,1-3H3. The topological polar surface area (TPSA) is 43.8 Å². The molecule has 0 spiro atoms. The van der Waals surface area contributed by atoms with Gasteiger partial charge in [-0.3, -0.25) is 4.79 Å². The Labute approximate surface area is 114 Å². The van der Waals surface area contributed by atoms with E-state index in [1.165, 1.54) is 0 Å². The third-order valence-electron chi connectivity index (χ3n) is 3.75. The largest absolute Gasteiger partial charge is 0.507 e. The molecule has 1 atom stereocenters. The lowest BCUT2D eigenvalue weighted by Gasteiger charge is -2.21. The number of likely N-dealkylation sites (tertiary alicyclic amines) is 1. The third-order valence-corrected chi connectivity index (χ3v) is 3.75. The highest BCUT2D eigenvalue weighted by Gasteiger charge is 2.24. The molecule has 1 heterocycles. The van der Waals surface area contributed by atoms with Crippen molar-refractivity contribution in [3.05, 3.63) is 29.3 Å². The van der Waals surface area contributed by atoms with E-state index in [-0.39, 0.29) is 11.7 Å². The van der Waals surface area contributed by atoms with Crippen LogP contribution in [0.1, 0.15) is 22.3 Å². The van der Waals surface area contributed by atoms with Crippen LogP contribution in [0.2, 0.25) is 0 Å². The van der Waals surface area contributed by atoms with Gasteiger partial charge in [-0.25, -0.2) is 0 Å². The molecule has 1 saturated heterocycles. The minimum absolute atomic E-state index is 0.0611. The van der Waals surface area contributed by atoms with Crippen molar-refractivity contribution in [1.82, 2.24) is 9.80 Å². The molecule has 4 nitrogen and oxygen atoms in total. The van der Waals surface area contributed by atoms with Crippen molar-refractivity contribution in [3.8, 4) is 5.75 Å². The Morgan fingerprint density at radius 2 is 2.26 bits per heavy atom. The number of hydrogen-bond donors (Lipinski definition) is 1. The van der Waals surface area contributed by atoms with Crippen LogP contribution in [-0.2, 0) is 0 Å². The number of carbonyl (C=O) groups excluding carboxylic acids is 1. The molecule has 1 aromatic rings. The Bertz CT molecular complexity index is 473. The lowest BCUT2D eigenvalue weighted by atomic mass is 10.1. The molecule has 104 valence electrons. The third kappa shape index (κ3) is 3.26. The number of hydrogen-bond acceptors (Lipinski definition) is 3. The summed E-state index contributed by atoms with van der Waals surface area (Å²) in [4.78, 5) is 16.3. The van der Waals surface area contributed by atoms with Gasteiger partial charge in [0.15, 0.2) is 0 Å². The number of phenols is 1. The number of nitrogens with zero attached hydrogens (tertiary/aromatic N) is 2. The Hall–Kier alpha value is -1.55. The Balaban J connectivity index is 2.04. The fourth-order valence-electron chi connectivity index (χ4n) is 2.67. The van der Waals surface area contributed by atoms with Crippen molar-refractivity contribution < 1.29 is 9.90 Å². The summed E-state index contributed by atoms with van der Waals surface area (Å²) in [6, 6.07) is 5.13. The molecule has 0 bridgehead atoms. The number of carbonyl (C=O) groups is 1. The second-order valence-corrected chi connectivity index (χ2v) is 5.62. The molecule has 1 aromatic carbocycles. The van der Waals surface area contributed by atoms with E-state index in [0.717, 1.165) is 31.6 Å². The second kappa shape index (κ2) is 5.61. The average Bonchev–Trinajstić information content (AvgIpc) is 2.77. The van der Waals surface area contributed by atoms with Crippen molar-refractivity contribution in [1.29, 1.82) is 0 Å². The summed E-state index contributed by atoms with van der Waals surface area (Å²) in [5, 5.41) is 9.80. The molecule has 4 heteroatoms. The van der Waals surface area contributed by atoms with Gasteiger partial charge in [0, 0.05) is 20.1 Å². The fraction of sp³-hybridized carbons (Fsp3) is 0.533. The highest BCUT2D eigenvalue weighted by Crippen LogP contribution is 2.21. The van der Waals surface area contributed by atoms with Crippen LogP contribution in [0, 0.1) is 12.8 Å². The minimum Gasteiger partial charge on any atom is -0.507 e. The first-order valence-corrected chi connectivity index (χ1v) is 6.71. The van der Waals surface area contributed by atoms with E-state index < -0.39 is 0 Å². The van der Waals surface area contributed by atoms with E-state index in [0.29, 0.717) is 11.5 Å². The molecule has 1 unspecified atom stereocenters. The Kier molecular flexibility index (Phi) is 4.10. The predicted octanol–water partition coefficient (Wildman–Crippen LogP) is 1.72. The van der Waals surface area contributed by atoms with Crippen molar-refractivity contribution in [3.63, 3.8) is 0 Å². The molecule has 2 rings (SSSR count). The predicted molar refractivity (Wildman–Crippen MR) is 75.4 cm³/mol. The van der Waals surface area contributed by atoms with Gasteiger partial charge < -0.3 is 14.9 Å². The molecule has 0 saturated carbocycles. The monoisotopic (exact) mass is 262 g/mol. The smallest absolute Gasteiger partial charge is 0.257 e. The molecular formula is C15H22N2O2. The van der Waals surface area contributed by atoms with Crippen LogP contribution in [0.25, 0.3) is 0 Å². The molecular weight excluding hydrogens is 240 g/mol. The van der Waals surface area contributed by atoms with Gasteiger partial charge in [-0.2, -0.15) is 0 Å². The van der Waals surface area contributed by atoms with Crippen LogP contribution < -0.4 is 0 Å². The average molecular weight is 262 g/mol. The molecule has 19 heavy (non-hydrogen) atoms. The lowest BCUT2D eigenvalue weighted by molar-refractivity contribution is 0.0771. The van der Waals surface area contributed by atoms with Gasteiger partial charge in [0.2, 0.25) is 0 Å². The Morgan fingerprint density at radius 1 is 1.53 bits per heavy atom. The van der Waals surface area contributed by atoms with Crippen LogP contribution >= 0.6 is 0 Å². The molecule has 1 amide bonds. The zero-order valence-corrected chi connectivity index (χ0v) is 11.9. The van der Waals surface area contributed by atoms with Crippen molar-refractivity contribution in [2.24, 2.45) is 5.92 Å². The van der Waals surface area contributed by atoms with Crippen molar-refractivity contribution in [2.45, 2.75) is 13.3 Å². The van der Waals surface area contributed by atoms with Crippen LogP contribution in [0.15, 0.2) is 18.2 Å². The van der Waals surface area contributed by atoms with Crippen molar-refractivity contribution >= 4 is 5.91 Å². The number of phenolic OH excluding ortho intramolecular Hbond substituents is 1. The maximum Gasteiger partial charge on any atom is 0.257 e. The summed E-state index contributed by atoms with van der Waals surface area (Å²) in [6.45, 7) is 4.80. The highest BCUT2D eigenvalue weighted by atomic mass is 16.3. The summed E-state index contributed by atoms with van der Waals surface area (Å²) >= 11 is 0. The number of aryl methyl sites for hydroxylation is 1. The summed E-state index contributed by atoms with van der Waals surface area (Å²) in [5.41, 5.74) is 1.38. The molecule has 1 aliphatic rings. The Morgan fingerprint density at radius 3 is 2.89 bits per heavy atom. The van der Waals surface area contributed by atoms with Gasteiger partial charge in [0.25, 0.3) is 5.91 Å². The number of benzene rings is 1. The number of rotatable bonds is 3. The molecule has 1 N–H and O–H groups in total. The summed E-state index contributed by atoms with van der Waals surface area (Å²) in [5.74, 6) is 0.493. The molecule has 1 aliphatic heterocycles. The summed E-state index contributed by atoms with van der Waals surface area (Å²) in [6.07, 6.45) is 1.13. The molecule has 0 aromatic heterocycles. The zero-order chi connectivity index (χ0) is 14.0. The maximum atomic E-state index is 12.3. The van der Waals surface area contributed by atoms with E-state index >= 15 is 0 Å². The number of aromatic hydroxyl groups is 1. The van der Waals surface area contributed by atoms with E-state index in [9.17, 15) is 9.90 Å². The van der Waals surface area contributed by atoms with Gasteiger partial charge >= 0.3 is 0 Å². The van der Waals surface area contributed by atoms with Crippen LogP contribution in [-0.4, -0.2) is 54.5 Å². The van der Waals surface area contributed by atoms with E-state index in [1.54, 1.807) is 23.1 Å². The van der Waals surface area contributed by atoms with E-state index in [4.69, 9.17) is 0 Å². The quantitative estimate of drug-likeness (QED) is 0.902. The van der Waals surface area contributed by atoms with Gasteiger partial charge in [0.05, 0.1) is 5.56 Å². The zero-order valence-electron chi connectivity index (χ0n) is 11.9. The first kappa shape index (κ1) is 13.9. The molecule has 1 fully saturated rings. The molecule has 0 radical (unpaired) electrons. The molecule has 0 aliphatic carbocycles. The van der Waals surface area contributed by atoms with Crippen LogP contribution in [0.3, 0.4) is 0 Å². The van der Waals surface area contributed by atoms with Gasteiger partial charge in [0.1, 0.15) is 5.75 Å². The normalized spacial score (nSPS) is 19.6. The van der Waals surface area contributed by atoms with E-state index in [2.05, 4.69) is 11.9 Å². The first-order chi connectivity index (χ1) is 8.97. The lowest BCUT2D eigenvalue weighted by Crippen LogP contribution is -2.32. The van der Waals surface area contributed by atoms with Gasteiger partial charge in [-0.1, -0.05) is 11.6 Å². The fourth-order valence-corrected chi connectivity index (χ4v) is 2.67. The van der Waals surface area contributed by atoms with Crippen LogP contribution in [0.4, 0.5) is 0 Å². The maximum absolute atomic E-state index is 12.3. The van der Waals surface area contributed by atoms with Crippen molar-refractivity contribution in [2.75, 3.05) is 33.7 Å². The summed E-state index contributed by atoms with van der Waals surface area (Å²) < 4.78 is 0. The van der Waals surface area contributed by atoms with Gasteiger partial charge in [-0.05, 0) is 45.0 Å². The second-order valence-electron chi connectivity index (χ2n) is 5.62. The number of amides is 1. The summed E-state index contributed by atoms with van der Waals surface area (Å²) in [7, 11) is 3.91.